The largest absolute Gasteiger partial charge is 0.373 e. The van der Waals surface area contributed by atoms with Crippen LogP contribution in [0.25, 0.3) is 10.6 Å². The van der Waals surface area contributed by atoms with Gasteiger partial charge >= 0.3 is 0 Å². The van der Waals surface area contributed by atoms with E-state index in [1.54, 1.807) is 0 Å². The van der Waals surface area contributed by atoms with E-state index in [4.69, 9.17) is 16.3 Å². The van der Waals surface area contributed by atoms with Crippen molar-refractivity contribution < 1.29 is 9.53 Å². The van der Waals surface area contributed by atoms with Crippen molar-refractivity contribution in [1.29, 1.82) is 0 Å². The van der Waals surface area contributed by atoms with Gasteiger partial charge in [0.05, 0.1) is 29.8 Å². The molecule has 0 saturated carbocycles. The second kappa shape index (κ2) is 9.53. The van der Waals surface area contributed by atoms with Gasteiger partial charge < -0.3 is 9.64 Å². The number of hydrogen-bond acceptors (Lipinski definition) is 4. The van der Waals surface area contributed by atoms with Crippen LogP contribution in [0, 0.1) is 0 Å². The van der Waals surface area contributed by atoms with E-state index in [2.05, 4.69) is 17.1 Å². The van der Waals surface area contributed by atoms with Gasteiger partial charge in [-0.05, 0) is 24.5 Å². The molecule has 0 atom stereocenters. The SMILES string of the molecule is O=C(Cc1csc(-c2ccccc2Cl)n1)N1CCC(OCc2ccccc2)CC1. The van der Waals surface area contributed by atoms with E-state index in [1.165, 1.54) is 16.9 Å². The number of thiazole rings is 1. The zero-order valence-electron chi connectivity index (χ0n) is 16.1. The fourth-order valence-electron chi connectivity index (χ4n) is 3.47. The van der Waals surface area contributed by atoms with Crippen LogP contribution in [-0.4, -0.2) is 35.0 Å². The highest BCUT2D eigenvalue weighted by atomic mass is 35.5. The lowest BCUT2D eigenvalue weighted by Crippen LogP contribution is -2.41. The van der Waals surface area contributed by atoms with Crippen LogP contribution >= 0.6 is 22.9 Å². The molecule has 1 fully saturated rings. The quantitative estimate of drug-likeness (QED) is 0.543. The van der Waals surface area contributed by atoms with Gasteiger partial charge in [0.25, 0.3) is 0 Å². The third kappa shape index (κ3) is 5.24. The first-order chi connectivity index (χ1) is 14.2. The molecule has 1 aromatic heterocycles. The predicted octanol–water partition coefficient (Wildman–Crippen LogP) is 5.21. The third-order valence-corrected chi connectivity index (χ3v) is 6.37. The highest BCUT2D eigenvalue weighted by Gasteiger charge is 2.24. The van der Waals surface area contributed by atoms with Gasteiger partial charge in [0.2, 0.25) is 5.91 Å². The highest BCUT2D eigenvalue weighted by molar-refractivity contribution is 7.13. The summed E-state index contributed by atoms with van der Waals surface area (Å²) in [6.07, 6.45) is 2.29. The topological polar surface area (TPSA) is 42.4 Å². The molecule has 2 heterocycles. The Morgan fingerprint density at radius 3 is 2.59 bits per heavy atom. The molecule has 0 N–H and O–H groups in total. The van der Waals surface area contributed by atoms with Crippen molar-refractivity contribution in [2.24, 2.45) is 0 Å². The van der Waals surface area contributed by atoms with E-state index < -0.39 is 0 Å². The first-order valence-corrected chi connectivity index (χ1v) is 11.1. The maximum absolute atomic E-state index is 12.7. The van der Waals surface area contributed by atoms with Gasteiger partial charge in [-0.15, -0.1) is 11.3 Å². The standard InChI is InChI=1S/C23H23ClN2O2S/c24-21-9-5-4-8-20(21)23-25-18(16-29-23)14-22(27)26-12-10-19(11-13-26)28-15-17-6-2-1-3-7-17/h1-9,16,19H,10-15H2. The number of ether oxygens (including phenoxy) is 1. The molecule has 4 nitrogen and oxygen atoms in total. The zero-order valence-corrected chi connectivity index (χ0v) is 17.7. The van der Waals surface area contributed by atoms with Crippen LogP contribution in [0.1, 0.15) is 24.1 Å². The average molecular weight is 427 g/mol. The van der Waals surface area contributed by atoms with Crippen LogP contribution in [-0.2, 0) is 22.6 Å². The van der Waals surface area contributed by atoms with Crippen molar-refractivity contribution in [2.75, 3.05) is 13.1 Å². The number of benzene rings is 2. The molecule has 2 aromatic carbocycles. The summed E-state index contributed by atoms with van der Waals surface area (Å²) in [6, 6.07) is 17.8. The Kier molecular flexibility index (Phi) is 6.60. The van der Waals surface area contributed by atoms with Crippen molar-refractivity contribution >= 4 is 28.8 Å². The molecule has 1 aliphatic rings. The summed E-state index contributed by atoms with van der Waals surface area (Å²) in [5, 5.41) is 3.48. The first kappa shape index (κ1) is 20.1. The van der Waals surface area contributed by atoms with Crippen molar-refractivity contribution in [1.82, 2.24) is 9.88 Å². The van der Waals surface area contributed by atoms with E-state index in [9.17, 15) is 4.79 Å². The molecule has 1 amide bonds. The van der Waals surface area contributed by atoms with E-state index in [0.717, 1.165) is 42.2 Å². The lowest BCUT2D eigenvalue weighted by molar-refractivity contribution is -0.133. The van der Waals surface area contributed by atoms with Crippen LogP contribution in [0.3, 0.4) is 0 Å². The van der Waals surface area contributed by atoms with Gasteiger partial charge in [0.15, 0.2) is 0 Å². The fraction of sp³-hybridized carbons (Fsp3) is 0.304. The number of carbonyl (C=O) groups excluding carboxylic acids is 1. The summed E-state index contributed by atoms with van der Waals surface area (Å²) in [5.41, 5.74) is 2.90. The van der Waals surface area contributed by atoms with E-state index in [1.807, 2.05) is 52.7 Å². The second-order valence-electron chi connectivity index (χ2n) is 7.18. The van der Waals surface area contributed by atoms with Gasteiger partial charge in [-0.25, -0.2) is 4.98 Å². The normalized spacial score (nSPS) is 14.9. The molecule has 0 bridgehead atoms. The van der Waals surface area contributed by atoms with Crippen molar-refractivity contribution in [3.05, 3.63) is 76.3 Å². The molecule has 29 heavy (non-hydrogen) atoms. The highest BCUT2D eigenvalue weighted by Crippen LogP contribution is 2.30. The first-order valence-electron chi connectivity index (χ1n) is 9.81. The average Bonchev–Trinajstić information content (AvgIpc) is 3.22. The van der Waals surface area contributed by atoms with Gasteiger partial charge in [0, 0.05) is 24.0 Å². The Balaban J connectivity index is 1.27. The number of likely N-dealkylation sites (tertiary alicyclic amines) is 1. The minimum Gasteiger partial charge on any atom is -0.373 e. The second-order valence-corrected chi connectivity index (χ2v) is 8.44. The van der Waals surface area contributed by atoms with Crippen LogP contribution in [0.4, 0.5) is 0 Å². The number of amides is 1. The molecule has 0 unspecified atom stereocenters. The molecule has 0 aliphatic carbocycles. The van der Waals surface area contributed by atoms with Crippen LogP contribution in [0.2, 0.25) is 5.02 Å². The van der Waals surface area contributed by atoms with E-state index in [0.29, 0.717) is 18.1 Å². The van der Waals surface area contributed by atoms with Crippen LogP contribution in [0.5, 0.6) is 0 Å². The summed E-state index contributed by atoms with van der Waals surface area (Å²) in [5.74, 6) is 0.127. The zero-order chi connectivity index (χ0) is 20.1. The maximum Gasteiger partial charge on any atom is 0.228 e. The smallest absolute Gasteiger partial charge is 0.228 e. The summed E-state index contributed by atoms with van der Waals surface area (Å²) in [6.45, 7) is 2.10. The number of hydrogen-bond donors (Lipinski definition) is 0. The number of halogens is 1. The van der Waals surface area contributed by atoms with Gasteiger partial charge in [0.1, 0.15) is 5.01 Å². The minimum atomic E-state index is 0.127. The van der Waals surface area contributed by atoms with Crippen molar-refractivity contribution in [3.8, 4) is 10.6 Å². The number of aromatic nitrogens is 1. The van der Waals surface area contributed by atoms with E-state index >= 15 is 0 Å². The molecule has 0 spiro atoms. The molecular formula is C23H23ClN2O2S. The molecule has 4 rings (SSSR count). The molecule has 1 saturated heterocycles. The molecule has 3 aromatic rings. The lowest BCUT2D eigenvalue weighted by Gasteiger charge is -2.32. The summed E-state index contributed by atoms with van der Waals surface area (Å²) < 4.78 is 6.02. The Labute approximate surface area is 180 Å². The fourth-order valence-corrected chi connectivity index (χ4v) is 4.61. The maximum atomic E-state index is 12.7. The van der Waals surface area contributed by atoms with Gasteiger partial charge in [-0.3, -0.25) is 4.79 Å². The predicted molar refractivity (Wildman–Crippen MR) is 117 cm³/mol. The van der Waals surface area contributed by atoms with E-state index in [-0.39, 0.29) is 12.0 Å². The summed E-state index contributed by atoms with van der Waals surface area (Å²) >= 11 is 7.78. The van der Waals surface area contributed by atoms with Crippen molar-refractivity contribution in [3.63, 3.8) is 0 Å². The molecule has 0 radical (unpaired) electrons. The monoisotopic (exact) mass is 426 g/mol. The number of carbonyl (C=O) groups is 1. The van der Waals surface area contributed by atoms with Gasteiger partial charge in [-0.1, -0.05) is 60.1 Å². The lowest BCUT2D eigenvalue weighted by atomic mass is 10.1. The number of rotatable bonds is 6. The minimum absolute atomic E-state index is 0.127. The van der Waals surface area contributed by atoms with Crippen LogP contribution < -0.4 is 0 Å². The summed E-state index contributed by atoms with van der Waals surface area (Å²) in [4.78, 5) is 19.2. The molecule has 1 aliphatic heterocycles. The Morgan fingerprint density at radius 1 is 1.10 bits per heavy atom. The number of nitrogens with zero attached hydrogens (tertiary/aromatic N) is 2. The molecule has 6 heteroatoms. The summed E-state index contributed by atoms with van der Waals surface area (Å²) in [7, 11) is 0. The Hall–Kier alpha value is -2.21. The Morgan fingerprint density at radius 2 is 1.83 bits per heavy atom. The van der Waals surface area contributed by atoms with Crippen molar-refractivity contribution in [2.45, 2.75) is 32.0 Å². The third-order valence-electron chi connectivity index (χ3n) is 5.11. The van der Waals surface area contributed by atoms with Gasteiger partial charge in [-0.2, -0.15) is 0 Å². The van der Waals surface area contributed by atoms with Crippen LogP contribution in [0.15, 0.2) is 60.0 Å². The molecular weight excluding hydrogens is 404 g/mol. The molecule has 150 valence electrons. The Bertz CT molecular complexity index is 952. The number of piperidine rings is 1.